The van der Waals surface area contributed by atoms with Gasteiger partial charge in [-0.3, -0.25) is 4.98 Å². The van der Waals surface area contributed by atoms with Crippen LogP contribution in [0.25, 0.3) is 22.2 Å². The molecule has 0 aliphatic carbocycles. The Hall–Kier alpha value is -2.35. The lowest BCUT2D eigenvalue weighted by atomic mass is 9.93. The molecule has 1 aromatic carbocycles. The van der Waals surface area contributed by atoms with Crippen LogP contribution >= 0.6 is 23.2 Å². The minimum absolute atomic E-state index is 0.186. The van der Waals surface area contributed by atoms with Gasteiger partial charge < -0.3 is 19.9 Å². The maximum Gasteiger partial charge on any atom is 0.220 e. The lowest BCUT2D eigenvalue weighted by Crippen LogP contribution is -2.16. The zero-order valence-corrected chi connectivity index (χ0v) is 17.5. The van der Waals surface area contributed by atoms with E-state index in [-0.39, 0.29) is 11.9 Å². The third-order valence-corrected chi connectivity index (χ3v) is 5.80. The Bertz CT molecular complexity index is 1040. The monoisotopic (exact) mass is 434 g/mol. The van der Waals surface area contributed by atoms with Crippen molar-refractivity contribution in [2.45, 2.75) is 18.8 Å². The van der Waals surface area contributed by atoms with E-state index in [2.05, 4.69) is 9.97 Å². The van der Waals surface area contributed by atoms with Crippen molar-refractivity contribution in [3.05, 3.63) is 34.1 Å². The third kappa shape index (κ3) is 3.66. The highest BCUT2D eigenvalue weighted by Gasteiger charge is 2.25. The Morgan fingerprint density at radius 2 is 1.69 bits per heavy atom. The van der Waals surface area contributed by atoms with Crippen LogP contribution in [0.3, 0.4) is 0 Å². The predicted octanol–water partition coefficient (Wildman–Crippen LogP) is 4.49. The van der Waals surface area contributed by atoms with Crippen LogP contribution in [0.15, 0.2) is 18.3 Å². The fourth-order valence-corrected chi connectivity index (χ4v) is 4.27. The molecular formula is C20H20Cl2N4O3. The van der Waals surface area contributed by atoms with E-state index in [9.17, 15) is 0 Å². The number of aromatic nitrogens is 3. The van der Waals surface area contributed by atoms with E-state index in [4.69, 9.17) is 48.1 Å². The SMILES string of the molecule is COc1cc(OC)c(Cl)c(-c2cc3cnc(N)nc3c(C3CCOCC3)n2)c1Cl. The van der Waals surface area contributed by atoms with Crippen molar-refractivity contribution in [1.29, 1.82) is 0 Å². The molecule has 3 heterocycles. The van der Waals surface area contributed by atoms with Crippen LogP contribution < -0.4 is 15.2 Å². The van der Waals surface area contributed by atoms with E-state index in [0.29, 0.717) is 46.0 Å². The van der Waals surface area contributed by atoms with E-state index < -0.39 is 0 Å². The largest absolute Gasteiger partial charge is 0.495 e. The quantitative estimate of drug-likeness (QED) is 0.646. The number of nitrogens with two attached hydrogens (primary N) is 1. The van der Waals surface area contributed by atoms with Gasteiger partial charge in [-0.1, -0.05) is 23.2 Å². The number of benzene rings is 1. The summed E-state index contributed by atoms with van der Waals surface area (Å²) < 4.78 is 16.3. The summed E-state index contributed by atoms with van der Waals surface area (Å²) in [6.45, 7) is 1.35. The predicted molar refractivity (Wildman–Crippen MR) is 113 cm³/mol. The van der Waals surface area contributed by atoms with Gasteiger partial charge in [0.25, 0.3) is 0 Å². The van der Waals surface area contributed by atoms with Crippen molar-refractivity contribution in [2.24, 2.45) is 0 Å². The molecule has 2 aromatic heterocycles. The number of pyridine rings is 1. The molecule has 1 fully saturated rings. The standard InChI is InChI=1S/C20H20Cl2N4O3/c1-27-13-8-14(28-2)17(22)15(16(13)21)12-7-11-9-24-20(23)26-19(11)18(25-12)10-3-5-29-6-4-10/h7-10H,3-6H2,1-2H3,(H2,23,24,26). The van der Waals surface area contributed by atoms with Gasteiger partial charge in [0.1, 0.15) is 11.5 Å². The molecule has 0 spiro atoms. The van der Waals surface area contributed by atoms with Gasteiger partial charge in [-0.05, 0) is 18.9 Å². The molecular weight excluding hydrogens is 415 g/mol. The number of hydrogen-bond donors (Lipinski definition) is 1. The molecule has 1 saturated heterocycles. The van der Waals surface area contributed by atoms with Crippen LogP contribution in [0, 0.1) is 0 Å². The summed E-state index contributed by atoms with van der Waals surface area (Å²) >= 11 is 13.2. The molecule has 0 unspecified atom stereocenters. The van der Waals surface area contributed by atoms with Gasteiger partial charge in [0.05, 0.1) is 41.2 Å². The minimum atomic E-state index is 0.186. The zero-order chi connectivity index (χ0) is 20.5. The molecule has 0 amide bonds. The molecule has 0 bridgehead atoms. The summed E-state index contributed by atoms with van der Waals surface area (Å²) in [5.41, 5.74) is 8.55. The van der Waals surface area contributed by atoms with Crippen molar-refractivity contribution < 1.29 is 14.2 Å². The van der Waals surface area contributed by atoms with Gasteiger partial charge in [0.15, 0.2) is 0 Å². The summed E-state index contributed by atoms with van der Waals surface area (Å²) in [7, 11) is 3.08. The molecule has 2 N–H and O–H groups in total. The number of anilines is 1. The molecule has 9 heteroatoms. The Labute approximate surface area is 178 Å². The Morgan fingerprint density at radius 1 is 1.03 bits per heavy atom. The minimum Gasteiger partial charge on any atom is -0.495 e. The van der Waals surface area contributed by atoms with E-state index >= 15 is 0 Å². The number of hydrogen-bond acceptors (Lipinski definition) is 7. The zero-order valence-electron chi connectivity index (χ0n) is 16.0. The summed E-state index contributed by atoms with van der Waals surface area (Å²) in [5, 5.41) is 1.53. The lowest BCUT2D eigenvalue weighted by molar-refractivity contribution is 0.0848. The topological polar surface area (TPSA) is 92.4 Å². The smallest absolute Gasteiger partial charge is 0.220 e. The van der Waals surface area contributed by atoms with Crippen LogP contribution in [-0.2, 0) is 4.74 Å². The van der Waals surface area contributed by atoms with Gasteiger partial charge in [-0.15, -0.1) is 0 Å². The van der Waals surface area contributed by atoms with Gasteiger partial charge in [-0.2, -0.15) is 0 Å². The number of halogens is 2. The molecule has 1 aliphatic heterocycles. The van der Waals surface area contributed by atoms with Crippen molar-refractivity contribution in [2.75, 3.05) is 33.2 Å². The maximum absolute atomic E-state index is 6.62. The highest BCUT2D eigenvalue weighted by molar-refractivity contribution is 6.41. The normalized spacial score (nSPS) is 14.9. The Kier molecular flexibility index (Phi) is 5.63. The summed E-state index contributed by atoms with van der Waals surface area (Å²) in [6.07, 6.45) is 3.38. The first-order valence-electron chi connectivity index (χ1n) is 9.14. The molecule has 4 rings (SSSR count). The highest BCUT2D eigenvalue weighted by atomic mass is 35.5. The molecule has 29 heavy (non-hydrogen) atoms. The van der Waals surface area contributed by atoms with Crippen LogP contribution in [0.2, 0.25) is 10.0 Å². The van der Waals surface area contributed by atoms with E-state index in [1.807, 2.05) is 6.07 Å². The average molecular weight is 435 g/mol. The van der Waals surface area contributed by atoms with Gasteiger partial charge >= 0.3 is 0 Å². The second kappa shape index (κ2) is 8.18. The van der Waals surface area contributed by atoms with Gasteiger partial charge in [0, 0.05) is 42.3 Å². The fraction of sp³-hybridized carbons (Fsp3) is 0.350. The van der Waals surface area contributed by atoms with Gasteiger partial charge in [-0.25, -0.2) is 9.97 Å². The number of rotatable bonds is 4. The molecule has 152 valence electrons. The van der Waals surface area contributed by atoms with Crippen molar-refractivity contribution in [3.8, 4) is 22.8 Å². The second-order valence-electron chi connectivity index (χ2n) is 6.73. The number of nitrogen functional groups attached to an aromatic ring is 1. The first-order valence-corrected chi connectivity index (χ1v) is 9.90. The van der Waals surface area contributed by atoms with Crippen molar-refractivity contribution >= 4 is 40.1 Å². The number of nitrogens with zero attached hydrogens (tertiary/aromatic N) is 3. The average Bonchev–Trinajstić information content (AvgIpc) is 2.74. The molecule has 3 aromatic rings. The van der Waals surface area contributed by atoms with Crippen LogP contribution in [0.4, 0.5) is 5.95 Å². The van der Waals surface area contributed by atoms with Gasteiger partial charge in [0.2, 0.25) is 5.95 Å². The Balaban J connectivity index is 1.99. The lowest BCUT2D eigenvalue weighted by Gasteiger charge is -2.23. The maximum atomic E-state index is 6.62. The number of ether oxygens (including phenoxy) is 3. The van der Waals surface area contributed by atoms with Crippen molar-refractivity contribution in [1.82, 2.24) is 15.0 Å². The summed E-state index contributed by atoms with van der Waals surface area (Å²) in [4.78, 5) is 13.5. The third-order valence-electron chi connectivity index (χ3n) is 5.05. The molecule has 7 nitrogen and oxygen atoms in total. The molecule has 0 radical (unpaired) electrons. The van der Waals surface area contributed by atoms with Crippen LogP contribution in [-0.4, -0.2) is 42.4 Å². The van der Waals surface area contributed by atoms with E-state index in [0.717, 1.165) is 29.4 Å². The van der Waals surface area contributed by atoms with E-state index in [1.54, 1.807) is 12.3 Å². The number of methoxy groups -OCH3 is 2. The second-order valence-corrected chi connectivity index (χ2v) is 7.49. The first-order chi connectivity index (χ1) is 14.0. The van der Waals surface area contributed by atoms with Crippen molar-refractivity contribution in [3.63, 3.8) is 0 Å². The van der Waals surface area contributed by atoms with Crippen LogP contribution in [0.5, 0.6) is 11.5 Å². The fourth-order valence-electron chi connectivity index (χ4n) is 3.57. The molecule has 1 aliphatic rings. The highest BCUT2D eigenvalue weighted by Crippen LogP contribution is 2.46. The number of fused-ring (bicyclic) bond motifs is 1. The van der Waals surface area contributed by atoms with E-state index in [1.165, 1.54) is 14.2 Å². The summed E-state index contributed by atoms with van der Waals surface area (Å²) in [6, 6.07) is 3.50. The summed E-state index contributed by atoms with van der Waals surface area (Å²) in [5.74, 6) is 1.29. The molecule has 0 atom stereocenters. The molecule has 0 saturated carbocycles. The van der Waals surface area contributed by atoms with Crippen LogP contribution in [0.1, 0.15) is 24.5 Å². The Morgan fingerprint density at radius 3 is 2.31 bits per heavy atom. The first kappa shape index (κ1) is 19.9.